The molecule has 0 aliphatic heterocycles. The van der Waals surface area contributed by atoms with Crippen molar-refractivity contribution in [3.05, 3.63) is 64.7 Å². The summed E-state index contributed by atoms with van der Waals surface area (Å²) in [5.41, 5.74) is 9.71. The molecule has 0 radical (unpaired) electrons. The van der Waals surface area contributed by atoms with Crippen LogP contribution in [-0.4, -0.2) is 13.1 Å². The maximum absolute atomic E-state index is 6.40. The normalized spacial score (nSPS) is 12.2. The van der Waals surface area contributed by atoms with E-state index in [0.717, 1.165) is 35.7 Å². The van der Waals surface area contributed by atoms with E-state index in [9.17, 15) is 0 Å². The van der Waals surface area contributed by atoms with Gasteiger partial charge in [-0.1, -0.05) is 54.9 Å². The quantitative estimate of drug-likeness (QED) is 0.864. The van der Waals surface area contributed by atoms with Gasteiger partial charge >= 0.3 is 0 Å². The molecule has 0 fully saturated rings. The van der Waals surface area contributed by atoms with Crippen molar-refractivity contribution in [2.75, 3.05) is 11.9 Å². The smallest absolute Gasteiger partial charge is 0.0459 e. The van der Waals surface area contributed by atoms with Crippen LogP contribution in [0.4, 0.5) is 5.69 Å². The summed E-state index contributed by atoms with van der Waals surface area (Å²) in [7, 11) is 2.10. The fourth-order valence-corrected chi connectivity index (χ4v) is 2.70. The number of benzene rings is 2. The van der Waals surface area contributed by atoms with Crippen molar-refractivity contribution in [3.8, 4) is 0 Å². The molecule has 0 aliphatic carbocycles. The molecule has 0 saturated heterocycles. The molecule has 0 saturated carbocycles. The van der Waals surface area contributed by atoms with Gasteiger partial charge in [-0.3, -0.25) is 0 Å². The van der Waals surface area contributed by atoms with Crippen molar-refractivity contribution in [1.29, 1.82) is 0 Å². The first-order chi connectivity index (χ1) is 10.1. The van der Waals surface area contributed by atoms with Gasteiger partial charge in [0.25, 0.3) is 0 Å². The van der Waals surface area contributed by atoms with Crippen LogP contribution >= 0.6 is 11.6 Å². The summed E-state index contributed by atoms with van der Waals surface area (Å²) in [6, 6.07) is 16.6. The van der Waals surface area contributed by atoms with Crippen LogP contribution in [0.15, 0.2) is 48.5 Å². The number of nitrogens with zero attached hydrogens (tertiary/aromatic N) is 1. The van der Waals surface area contributed by atoms with Gasteiger partial charge in [0.2, 0.25) is 0 Å². The van der Waals surface area contributed by atoms with E-state index in [2.05, 4.69) is 49.2 Å². The highest BCUT2D eigenvalue weighted by Gasteiger charge is 2.13. The fourth-order valence-electron chi connectivity index (χ4n) is 2.46. The zero-order valence-corrected chi connectivity index (χ0v) is 13.5. The Morgan fingerprint density at radius 2 is 1.81 bits per heavy atom. The lowest BCUT2D eigenvalue weighted by atomic mass is 10.0. The average molecular weight is 303 g/mol. The van der Waals surface area contributed by atoms with Crippen LogP contribution in [0.25, 0.3) is 0 Å². The molecule has 2 aromatic rings. The molecular weight excluding hydrogens is 280 g/mol. The largest absolute Gasteiger partial charge is 0.370 e. The van der Waals surface area contributed by atoms with Crippen LogP contribution in [0.3, 0.4) is 0 Å². The predicted octanol–water partition coefficient (Wildman–Crippen LogP) is 4.26. The lowest BCUT2D eigenvalue weighted by molar-refractivity contribution is 0.645. The fraction of sp³-hybridized carbons (Fsp3) is 0.333. The molecule has 1 atom stereocenters. The van der Waals surface area contributed by atoms with Crippen LogP contribution in [0, 0.1) is 0 Å². The summed E-state index contributed by atoms with van der Waals surface area (Å²) >= 11 is 6.40. The summed E-state index contributed by atoms with van der Waals surface area (Å²) in [5, 5.41) is 0.802. The molecule has 2 N–H and O–H groups in total. The molecule has 2 rings (SSSR count). The van der Waals surface area contributed by atoms with Crippen molar-refractivity contribution in [3.63, 3.8) is 0 Å². The van der Waals surface area contributed by atoms with E-state index in [-0.39, 0.29) is 6.04 Å². The Bertz CT molecular complexity index is 569. The van der Waals surface area contributed by atoms with Gasteiger partial charge in [0, 0.05) is 30.3 Å². The first-order valence-electron chi connectivity index (χ1n) is 7.39. The molecule has 3 heteroatoms. The van der Waals surface area contributed by atoms with Crippen molar-refractivity contribution in [2.45, 2.75) is 32.4 Å². The van der Waals surface area contributed by atoms with Gasteiger partial charge in [0.15, 0.2) is 0 Å². The zero-order chi connectivity index (χ0) is 15.2. The molecule has 2 nitrogen and oxygen atoms in total. The number of halogens is 1. The highest BCUT2D eigenvalue weighted by atomic mass is 35.5. The first kappa shape index (κ1) is 15.9. The Kier molecular flexibility index (Phi) is 5.66. The van der Waals surface area contributed by atoms with Crippen molar-refractivity contribution < 1.29 is 0 Å². The predicted molar refractivity (Wildman–Crippen MR) is 92.0 cm³/mol. The molecule has 1 unspecified atom stereocenters. The Morgan fingerprint density at radius 3 is 2.48 bits per heavy atom. The monoisotopic (exact) mass is 302 g/mol. The molecule has 0 heterocycles. The average Bonchev–Trinajstić information content (AvgIpc) is 2.50. The van der Waals surface area contributed by atoms with Gasteiger partial charge in [-0.25, -0.2) is 0 Å². The van der Waals surface area contributed by atoms with Gasteiger partial charge in [-0.05, 0) is 36.1 Å². The Labute approximate surface area is 132 Å². The topological polar surface area (TPSA) is 29.3 Å². The summed E-state index contributed by atoms with van der Waals surface area (Å²) < 4.78 is 0. The third-order valence-corrected chi connectivity index (χ3v) is 4.11. The molecule has 0 spiro atoms. The van der Waals surface area contributed by atoms with Gasteiger partial charge in [-0.2, -0.15) is 0 Å². The highest BCUT2D eigenvalue weighted by molar-refractivity contribution is 6.31. The molecular formula is C18H23ClN2. The van der Waals surface area contributed by atoms with Crippen molar-refractivity contribution in [1.82, 2.24) is 0 Å². The van der Waals surface area contributed by atoms with Gasteiger partial charge < -0.3 is 10.6 Å². The van der Waals surface area contributed by atoms with Crippen molar-refractivity contribution in [2.24, 2.45) is 5.73 Å². The number of rotatable bonds is 6. The molecule has 0 amide bonds. The highest BCUT2D eigenvalue weighted by Crippen LogP contribution is 2.29. The summed E-state index contributed by atoms with van der Waals surface area (Å²) in [5.74, 6) is 0. The lowest BCUT2D eigenvalue weighted by Gasteiger charge is -2.24. The number of hydrogen-bond acceptors (Lipinski definition) is 2. The van der Waals surface area contributed by atoms with E-state index in [0.29, 0.717) is 0 Å². The molecule has 0 aromatic heterocycles. The second-order valence-corrected chi connectivity index (χ2v) is 5.86. The SMILES string of the molecule is CCC(N)Cc1c(Cl)cccc1N(C)Cc1ccccc1. The third kappa shape index (κ3) is 4.23. The van der Waals surface area contributed by atoms with E-state index < -0.39 is 0 Å². The molecule has 2 aromatic carbocycles. The molecule has 21 heavy (non-hydrogen) atoms. The molecule has 112 valence electrons. The summed E-state index contributed by atoms with van der Waals surface area (Å²) in [6.07, 6.45) is 1.76. The number of nitrogens with two attached hydrogens (primary N) is 1. The number of anilines is 1. The zero-order valence-electron chi connectivity index (χ0n) is 12.7. The molecule has 0 aliphatic rings. The van der Waals surface area contributed by atoms with E-state index in [1.54, 1.807) is 0 Å². The maximum atomic E-state index is 6.40. The van der Waals surface area contributed by atoms with E-state index in [1.165, 1.54) is 5.56 Å². The van der Waals surface area contributed by atoms with Crippen LogP contribution < -0.4 is 10.6 Å². The van der Waals surface area contributed by atoms with Gasteiger partial charge in [0.05, 0.1) is 0 Å². The second-order valence-electron chi connectivity index (χ2n) is 5.45. The van der Waals surface area contributed by atoms with E-state index in [4.69, 9.17) is 17.3 Å². The lowest BCUT2D eigenvalue weighted by Crippen LogP contribution is -2.24. The van der Waals surface area contributed by atoms with Crippen LogP contribution in [0.2, 0.25) is 5.02 Å². The number of hydrogen-bond donors (Lipinski definition) is 1. The minimum Gasteiger partial charge on any atom is -0.370 e. The van der Waals surface area contributed by atoms with Crippen LogP contribution in [0.1, 0.15) is 24.5 Å². The minimum atomic E-state index is 0.147. The van der Waals surface area contributed by atoms with Crippen LogP contribution in [0.5, 0.6) is 0 Å². The van der Waals surface area contributed by atoms with Crippen LogP contribution in [-0.2, 0) is 13.0 Å². The summed E-state index contributed by atoms with van der Waals surface area (Å²) in [6.45, 7) is 2.96. The summed E-state index contributed by atoms with van der Waals surface area (Å²) in [4.78, 5) is 2.24. The third-order valence-electron chi connectivity index (χ3n) is 3.76. The van der Waals surface area contributed by atoms with E-state index >= 15 is 0 Å². The first-order valence-corrected chi connectivity index (χ1v) is 7.77. The Balaban J connectivity index is 2.24. The maximum Gasteiger partial charge on any atom is 0.0459 e. The van der Waals surface area contributed by atoms with E-state index in [1.807, 2.05) is 18.2 Å². The van der Waals surface area contributed by atoms with Crippen molar-refractivity contribution >= 4 is 17.3 Å². The second kappa shape index (κ2) is 7.48. The Hall–Kier alpha value is -1.51. The standard InChI is InChI=1S/C18H23ClN2/c1-3-15(20)12-16-17(19)10-7-11-18(16)21(2)13-14-8-5-4-6-9-14/h4-11,15H,3,12-13,20H2,1-2H3. The van der Waals surface area contributed by atoms with Gasteiger partial charge in [0.1, 0.15) is 0 Å². The van der Waals surface area contributed by atoms with Gasteiger partial charge in [-0.15, -0.1) is 0 Å². The molecule has 0 bridgehead atoms. The minimum absolute atomic E-state index is 0.147. The Morgan fingerprint density at radius 1 is 1.10 bits per heavy atom.